The number of piperidine rings is 1. The van der Waals surface area contributed by atoms with E-state index in [9.17, 15) is 9.59 Å². The first kappa shape index (κ1) is 20.4. The average molecular weight is 414 g/mol. The first-order chi connectivity index (χ1) is 13.1. The number of halogens is 1. The van der Waals surface area contributed by atoms with E-state index in [1.165, 1.54) is 11.3 Å². The van der Waals surface area contributed by atoms with Crippen LogP contribution in [0.25, 0.3) is 0 Å². The zero-order valence-corrected chi connectivity index (χ0v) is 17.4. The van der Waals surface area contributed by atoms with Gasteiger partial charge < -0.3 is 19.9 Å². The van der Waals surface area contributed by atoms with Crippen LogP contribution in [0.3, 0.4) is 0 Å². The molecule has 150 valence electrons. The lowest BCUT2D eigenvalue weighted by Crippen LogP contribution is -2.56. The summed E-state index contributed by atoms with van der Waals surface area (Å²) in [5, 5.41) is 3.04. The summed E-state index contributed by atoms with van der Waals surface area (Å²) in [6.45, 7) is 5.49. The van der Waals surface area contributed by atoms with Crippen molar-refractivity contribution in [2.24, 2.45) is 0 Å². The Kier molecular flexibility index (Phi) is 7.38. The lowest BCUT2D eigenvalue weighted by Gasteiger charge is -2.43. The highest BCUT2D eigenvalue weighted by Gasteiger charge is 2.35. The summed E-state index contributed by atoms with van der Waals surface area (Å²) in [4.78, 5) is 30.1. The fourth-order valence-corrected chi connectivity index (χ4v) is 4.86. The van der Waals surface area contributed by atoms with Crippen LogP contribution in [0, 0.1) is 0 Å². The van der Waals surface area contributed by atoms with Crippen molar-refractivity contribution in [3.63, 3.8) is 0 Å². The lowest BCUT2D eigenvalue weighted by molar-refractivity contribution is 0.0210. The number of hydrogen-bond acceptors (Lipinski definition) is 4. The number of thiophene rings is 1. The number of ether oxygens (including phenoxy) is 1. The highest BCUT2D eigenvalue weighted by Crippen LogP contribution is 2.27. The van der Waals surface area contributed by atoms with E-state index < -0.39 is 0 Å². The van der Waals surface area contributed by atoms with Crippen LogP contribution >= 0.6 is 22.9 Å². The van der Waals surface area contributed by atoms with Crippen LogP contribution in [0.2, 0.25) is 4.34 Å². The summed E-state index contributed by atoms with van der Waals surface area (Å²) in [5.74, 6) is 0.0402. The van der Waals surface area contributed by atoms with Crippen molar-refractivity contribution in [2.75, 3.05) is 32.8 Å². The molecule has 0 bridgehead atoms. The average Bonchev–Trinajstić information content (AvgIpc) is 3.14. The largest absolute Gasteiger partial charge is 0.381 e. The Hall–Kier alpha value is -1.31. The van der Waals surface area contributed by atoms with Crippen LogP contribution in [-0.2, 0) is 4.74 Å². The number of urea groups is 1. The fraction of sp³-hybridized carbons (Fsp3) is 0.684. The summed E-state index contributed by atoms with van der Waals surface area (Å²) in [6, 6.07) is 3.96. The third kappa shape index (κ3) is 5.15. The second kappa shape index (κ2) is 9.75. The van der Waals surface area contributed by atoms with E-state index in [0.29, 0.717) is 42.1 Å². The smallest absolute Gasteiger partial charge is 0.317 e. The van der Waals surface area contributed by atoms with Crippen molar-refractivity contribution in [3.05, 3.63) is 21.3 Å². The molecule has 0 spiro atoms. The van der Waals surface area contributed by atoms with Gasteiger partial charge in [-0.1, -0.05) is 18.5 Å². The van der Waals surface area contributed by atoms with E-state index in [4.69, 9.17) is 16.3 Å². The van der Waals surface area contributed by atoms with Crippen molar-refractivity contribution in [2.45, 2.75) is 51.1 Å². The minimum Gasteiger partial charge on any atom is -0.381 e. The quantitative estimate of drug-likeness (QED) is 0.802. The summed E-state index contributed by atoms with van der Waals surface area (Å²) in [6.07, 6.45) is 4.30. The molecule has 27 heavy (non-hydrogen) atoms. The molecular weight excluding hydrogens is 386 g/mol. The molecule has 0 aromatic carbocycles. The molecule has 1 N–H and O–H groups in total. The van der Waals surface area contributed by atoms with Gasteiger partial charge in [-0.15, -0.1) is 11.3 Å². The van der Waals surface area contributed by atoms with Crippen LogP contribution < -0.4 is 5.32 Å². The first-order valence-corrected chi connectivity index (χ1v) is 11.0. The zero-order chi connectivity index (χ0) is 19.2. The van der Waals surface area contributed by atoms with Gasteiger partial charge in [-0.2, -0.15) is 0 Å². The highest BCUT2D eigenvalue weighted by atomic mass is 35.5. The molecule has 2 fully saturated rings. The number of likely N-dealkylation sites (tertiary alicyclic amines) is 1. The maximum Gasteiger partial charge on any atom is 0.317 e. The van der Waals surface area contributed by atoms with Crippen molar-refractivity contribution in [1.82, 2.24) is 15.1 Å². The molecule has 0 radical (unpaired) electrons. The molecule has 3 heterocycles. The molecule has 0 aliphatic carbocycles. The van der Waals surface area contributed by atoms with Crippen molar-refractivity contribution >= 4 is 34.9 Å². The van der Waals surface area contributed by atoms with Crippen LogP contribution in [0.5, 0.6) is 0 Å². The molecule has 2 saturated heterocycles. The number of hydrogen-bond donors (Lipinski definition) is 1. The molecular formula is C19H28ClN3O3S. The Morgan fingerprint density at radius 1 is 1.22 bits per heavy atom. The van der Waals surface area contributed by atoms with Gasteiger partial charge in [-0.25, -0.2) is 4.79 Å². The predicted octanol–water partition coefficient (Wildman–Crippen LogP) is 3.61. The van der Waals surface area contributed by atoms with Gasteiger partial charge in [-0.05, 0) is 44.2 Å². The summed E-state index contributed by atoms with van der Waals surface area (Å²) >= 11 is 7.28. The molecule has 6 nitrogen and oxygen atoms in total. The van der Waals surface area contributed by atoms with Gasteiger partial charge in [-0.3, -0.25) is 4.79 Å². The molecule has 2 aliphatic heterocycles. The molecule has 1 aromatic rings. The molecule has 2 aliphatic rings. The van der Waals surface area contributed by atoms with E-state index in [1.54, 1.807) is 12.1 Å². The molecule has 3 rings (SSSR count). The number of amides is 3. The molecule has 1 aromatic heterocycles. The van der Waals surface area contributed by atoms with E-state index >= 15 is 0 Å². The van der Waals surface area contributed by atoms with Gasteiger partial charge in [0.05, 0.1) is 9.21 Å². The van der Waals surface area contributed by atoms with Gasteiger partial charge in [0, 0.05) is 44.9 Å². The van der Waals surface area contributed by atoms with Gasteiger partial charge in [0.1, 0.15) is 0 Å². The van der Waals surface area contributed by atoms with E-state index in [-0.39, 0.29) is 24.0 Å². The van der Waals surface area contributed by atoms with E-state index in [2.05, 4.69) is 12.2 Å². The Labute approximate surface area is 169 Å². The summed E-state index contributed by atoms with van der Waals surface area (Å²) < 4.78 is 6.11. The standard InChI is InChI=1S/C19H28ClN3O3S/c1-2-9-21-19(25)23(15-7-12-26-13-8-15)14-5-10-22(11-6-14)18(24)16-3-4-17(20)27-16/h3-4,14-15H,2,5-13H2,1H3,(H,21,25). The maximum absolute atomic E-state index is 12.8. The van der Waals surface area contributed by atoms with Crippen molar-refractivity contribution < 1.29 is 14.3 Å². The molecule has 0 atom stereocenters. The van der Waals surface area contributed by atoms with Crippen molar-refractivity contribution in [1.29, 1.82) is 0 Å². The predicted molar refractivity (Wildman–Crippen MR) is 108 cm³/mol. The van der Waals surface area contributed by atoms with Crippen LogP contribution in [0.15, 0.2) is 12.1 Å². The summed E-state index contributed by atoms with van der Waals surface area (Å²) in [7, 11) is 0. The molecule has 0 unspecified atom stereocenters. The molecule has 8 heteroatoms. The van der Waals surface area contributed by atoms with E-state index in [1.807, 2.05) is 9.80 Å². The molecule has 0 saturated carbocycles. The number of nitrogens with one attached hydrogen (secondary N) is 1. The Morgan fingerprint density at radius 2 is 1.89 bits per heavy atom. The van der Waals surface area contributed by atoms with Crippen LogP contribution in [-0.4, -0.2) is 66.7 Å². The number of rotatable bonds is 5. The molecule has 3 amide bonds. The third-order valence-corrected chi connectivity index (χ3v) is 6.49. The minimum absolute atomic E-state index is 0.0264. The van der Waals surface area contributed by atoms with Crippen molar-refractivity contribution in [3.8, 4) is 0 Å². The second-order valence-electron chi connectivity index (χ2n) is 7.11. The minimum atomic E-state index is 0.0264. The maximum atomic E-state index is 12.8. The Balaban J connectivity index is 1.62. The van der Waals surface area contributed by atoms with Crippen LogP contribution in [0.1, 0.15) is 48.7 Å². The second-order valence-corrected chi connectivity index (χ2v) is 8.82. The SMILES string of the molecule is CCCNC(=O)N(C1CCOCC1)C1CCN(C(=O)c2ccc(Cl)s2)CC1. The van der Waals surface area contributed by atoms with Gasteiger partial charge in [0.2, 0.25) is 0 Å². The number of nitrogens with zero attached hydrogens (tertiary/aromatic N) is 2. The topological polar surface area (TPSA) is 61.9 Å². The number of carbonyl (C=O) groups excluding carboxylic acids is 2. The normalized spacial score (nSPS) is 19.1. The third-order valence-electron chi connectivity index (χ3n) is 5.27. The van der Waals surface area contributed by atoms with E-state index in [0.717, 1.165) is 32.1 Å². The number of carbonyl (C=O) groups is 2. The fourth-order valence-electron chi connectivity index (χ4n) is 3.85. The monoisotopic (exact) mass is 413 g/mol. The Morgan fingerprint density at radius 3 is 2.48 bits per heavy atom. The van der Waals surface area contributed by atoms with Crippen LogP contribution in [0.4, 0.5) is 4.79 Å². The van der Waals surface area contributed by atoms with Gasteiger partial charge in [0.25, 0.3) is 5.91 Å². The Bertz CT molecular complexity index is 640. The highest BCUT2D eigenvalue weighted by molar-refractivity contribution is 7.17. The lowest BCUT2D eigenvalue weighted by atomic mass is 9.98. The first-order valence-electron chi connectivity index (χ1n) is 9.78. The summed E-state index contributed by atoms with van der Waals surface area (Å²) in [5.41, 5.74) is 0. The van der Waals surface area contributed by atoms with Gasteiger partial charge >= 0.3 is 6.03 Å². The zero-order valence-electron chi connectivity index (χ0n) is 15.8. The van der Waals surface area contributed by atoms with Gasteiger partial charge in [0.15, 0.2) is 0 Å².